The Morgan fingerprint density at radius 1 is 1.50 bits per heavy atom. The molecular formula is C15H24BrN3O. The van der Waals surface area contributed by atoms with Crippen molar-refractivity contribution in [3.05, 3.63) is 22.3 Å². The molecule has 2 heterocycles. The molecule has 5 heteroatoms. The fraction of sp³-hybridized carbons (Fsp3) is 0.667. The molecule has 4 nitrogen and oxygen atoms in total. The van der Waals surface area contributed by atoms with E-state index in [4.69, 9.17) is 4.74 Å². The molecule has 1 atom stereocenters. The number of likely N-dealkylation sites (N-methyl/N-ethyl adjacent to an activating group) is 1. The minimum absolute atomic E-state index is 0.0919. The maximum atomic E-state index is 5.48. The van der Waals surface area contributed by atoms with Gasteiger partial charge in [-0.25, -0.2) is 4.98 Å². The van der Waals surface area contributed by atoms with Crippen LogP contribution in [0.1, 0.15) is 32.8 Å². The first-order chi connectivity index (χ1) is 9.37. The Morgan fingerprint density at radius 3 is 2.85 bits per heavy atom. The predicted molar refractivity (Wildman–Crippen MR) is 86.2 cm³/mol. The maximum Gasteiger partial charge on any atom is 0.133 e. The molecule has 1 saturated heterocycles. The Morgan fingerprint density at radius 2 is 2.25 bits per heavy atom. The largest absolute Gasteiger partial charge is 0.379 e. The van der Waals surface area contributed by atoms with E-state index in [9.17, 15) is 0 Å². The van der Waals surface area contributed by atoms with E-state index in [0.29, 0.717) is 6.04 Å². The lowest BCUT2D eigenvalue weighted by Crippen LogP contribution is -2.37. The number of halogens is 1. The molecule has 0 aromatic carbocycles. The summed E-state index contributed by atoms with van der Waals surface area (Å²) in [6.07, 6.45) is 2.93. The van der Waals surface area contributed by atoms with Crippen LogP contribution >= 0.6 is 15.9 Å². The summed E-state index contributed by atoms with van der Waals surface area (Å²) in [4.78, 5) is 6.86. The molecule has 0 amide bonds. The van der Waals surface area contributed by atoms with Crippen molar-refractivity contribution in [1.29, 1.82) is 0 Å². The molecule has 1 aromatic heterocycles. The average Bonchev–Trinajstić information content (AvgIpc) is 2.88. The first-order valence-corrected chi connectivity index (χ1v) is 7.86. The lowest BCUT2D eigenvalue weighted by atomic mass is 10.1. The predicted octanol–water partition coefficient (Wildman–Crippen LogP) is 2.96. The van der Waals surface area contributed by atoms with Crippen molar-refractivity contribution in [2.45, 2.75) is 45.3 Å². The normalized spacial score (nSPS) is 19.4. The highest BCUT2D eigenvalue weighted by Crippen LogP contribution is 2.25. The fourth-order valence-electron chi connectivity index (χ4n) is 2.28. The molecule has 0 aliphatic carbocycles. The topological polar surface area (TPSA) is 37.4 Å². The monoisotopic (exact) mass is 341 g/mol. The van der Waals surface area contributed by atoms with Crippen LogP contribution in [0.3, 0.4) is 0 Å². The molecule has 1 aromatic rings. The van der Waals surface area contributed by atoms with Gasteiger partial charge in [0.25, 0.3) is 0 Å². The molecule has 112 valence electrons. The Labute approximate surface area is 130 Å². The zero-order valence-corrected chi connectivity index (χ0v) is 14.3. The molecule has 2 rings (SSSR count). The number of rotatable bonds is 4. The van der Waals surface area contributed by atoms with Crippen molar-refractivity contribution in [2.75, 3.05) is 25.2 Å². The Kier molecular flexibility index (Phi) is 5.04. The van der Waals surface area contributed by atoms with Gasteiger partial charge in [0.05, 0.1) is 12.6 Å². The standard InChI is InChI=1S/C15H24BrN3O/c1-15(2,3)18-8-11-7-12(16)9-17-14(11)19(4)13-5-6-20-10-13/h7,9,13,18H,5-6,8,10H2,1-4H3. The van der Waals surface area contributed by atoms with Crippen LogP contribution in [0.15, 0.2) is 16.7 Å². The van der Waals surface area contributed by atoms with Crippen molar-refractivity contribution in [2.24, 2.45) is 0 Å². The van der Waals surface area contributed by atoms with Crippen molar-refractivity contribution < 1.29 is 4.74 Å². The number of nitrogens with zero attached hydrogens (tertiary/aromatic N) is 2. The van der Waals surface area contributed by atoms with Gasteiger partial charge >= 0.3 is 0 Å². The molecule has 1 fully saturated rings. The number of hydrogen-bond acceptors (Lipinski definition) is 4. The zero-order valence-electron chi connectivity index (χ0n) is 12.7. The van der Waals surface area contributed by atoms with E-state index in [1.165, 1.54) is 5.56 Å². The molecule has 0 saturated carbocycles. The molecule has 1 aliphatic heterocycles. The first-order valence-electron chi connectivity index (χ1n) is 7.07. The van der Waals surface area contributed by atoms with Gasteiger partial charge in [-0.05, 0) is 49.2 Å². The van der Waals surface area contributed by atoms with E-state index >= 15 is 0 Å². The minimum atomic E-state index is 0.0919. The smallest absolute Gasteiger partial charge is 0.133 e. The van der Waals surface area contributed by atoms with Crippen LogP contribution < -0.4 is 10.2 Å². The van der Waals surface area contributed by atoms with Gasteiger partial charge in [-0.2, -0.15) is 0 Å². The van der Waals surface area contributed by atoms with Gasteiger partial charge in [-0.1, -0.05) is 0 Å². The third-order valence-electron chi connectivity index (χ3n) is 3.51. The van der Waals surface area contributed by atoms with Gasteiger partial charge in [-0.15, -0.1) is 0 Å². The van der Waals surface area contributed by atoms with Gasteiger partial charge < -0.3 is 15.0 Å². The van der Waals surface area contributed by atoms with Crippen molar-refractivity contribution in [3.63, 3.8) is 0 Å². The molecule has 1 N–H and O–H groups in total. The van der Waals surface area contributed by atoms with Gasteiger partial charge in [0.1, 0.15) is 5.82 Å². The highest BCUT2D eigenvalue weighted by molar-refractivity contribution is 9.10. The SMILES string of the molecule is CN(c1ncc(Br)cc1CNC(C)(C)C)C1CCOC1. The summed E-state index contributed by atoms with van der Waals surface area (Å²) in [6, 6.07) is 2.57. The Balaban J connectivity index is 2.18. The van der Waals surface area contributed by atoms with E-state index < -0.39 is 0 Å². The summed E-state index contributed by atoms with van der Waals surface area (Å²) in [5.74, 6) is 1.04. The molecule has 0 radical (unpaired) electrons. The van der Waals surface area contributed by atoms with E-state index in [2.05, 4.69) is 65.0 Å². The van der Waals surface area contributed by atoms with Gasteiger partial charge in [0, 0.05) is 42.0 Å². The van der Waals surface area contributed by atoms with E-state index in [-0.39, 0.29) is 5.54 Å². The summed E-state index contributed by atoms with van der Waals surface area (Å²) in [5.41, 5.74) is 1.30. The zero-order chi connectivity index (χ0) is 14.8. The number of ether oxygens (including phenoxy) is 1. The lowest BCUT2D eigenvalue weighted by Gasteiger charge is -2.28. The molecule has 1 unspecified atom stereocenters. The highest BCUT2D eigenvalue weighted by Gasteiger charge is 2.23. The second kappa shape index (κ2) is 6.41. The summed E-state index contributed by atoms with van der Waals surface area (Å²) in [6.45, 7) is 8.97. The third-order valence-corrected chi connectivity index (χ3v) is 3.94. The number of pyridine rings is 1. The van der Waals surface area contributed by atoms with Gasteiger partial charge in [0.15, 0.2) is 0 Å². The second-order valence-electron chi connectivity index (χ2n) is 6.37. The summed E-state index contributed by atoms with van der Waals surface area (Å²) in [5, 5.41) is 3.53. The Hall–Kier alpha value is -0.650. The van der Waals surface area contributed by atoms with Crippen LogP contribution in [0.4, 0.5) is 5.82 Å². The Bertz CT molecular complexity index is 453. The average molecular weight is 342 g/mol. The third kappa shape index (κ3) is 4.17. The van der Waals surface area contributed by atoms with Crippen molar-refractivity contribution in [3.8, 4) is 0 Å². The summed E-state index contributed by atoms with van der Waals surface area (Å²) >= 11 is 3.52. The second-order valence-corrected chi connectivity index (χ2v) is 7.28. The maximum absolute atomic E-state index is 5.48. The fourth-order valence-corrected chi connectivity index (χ4v) is 2.66. The number of aromatic nitrogens is 1. The van der Waals surface area contributed by atoms with Crippen LogP contribution in [-0.2, 0) is 11.3 Å². The van der Waals surface area contributed by atoms with E-state index in [1.54, 1.807) is 0 Å². The highest BCUT2D eigenvalue weighted by atomic mass is 79.9. The number of hydrogen-bond donors (Lipinski definition) is 1. The molecule has 20 heavy (non-hydrogen) atoms. The van der Waals surface area contributed by atoms with Crippen molar-refractivity contribution in [1.82, 2.24) is 10.3 Å². The van der Waals surface area contributed by atoms with Crippen LogP contribution in [0.2, 0.25) is 0 Å². The number of anilines is 1. The summed E-state index contributed by atoms with van der Waals surface area (Å²) in [7, 11) is 2.11. The van der Waals surface area contributed by atoms with Crippen LogP contribution in [0, 0.1) is 0 Å². The number of nitrogens with one attached hydrogen (secondary N) is 1. The molecule has 0 spiro atoms. The quantitative estimate of drug-likeness (QED) is 0.913. The van der Waals surface area contributed by atoms with E-state index in [0.717, 1.165) is 36.5 Å². The van der Waals surface area contributed by atoms with Crippen molar-refractivity contribution >= 4 is 21.7 Å². The van der Waals surface area contributed by atoms with Crippen LogP contribution in [0.5, 0.6) is 0 Å². The molecule has 0 bridgehead atoms. The lowest BCUT2D eigenvalue weighted by molar-refractivity contribution is 0.193. The van der Waals surface area contributed by atoms with Crippen LogP contribution in [0.25, 0.3) is 0 Å². The van der Waals surface area contributed by atoms with Gasteiger partial charge in [-0.3, -0.25) is 0 Å². The van der Waals surface area contributed by atoms with Gasteiger partial charge in [0.2, 0.25) is 0 Å². The molecule has 1 aliphatic rings. The molecular weight excluding hydrogens is 318 g/mol. The first kappa shape index (κ1) is 15.7. The minimum Gasteiger partial charge on any atom is -0.379 e. The van der Waals surface area contributed by atoms with E-state index in [1.807, 2.05) is 6.20 Å². The van der Waals surface area contributed by atoms with Crippen LogP contribution in [-0.4, -0.2) is 36.8 Å². The summed E-state index contributed by atoms with van der Waals surface area (Å²) < 4.78 is 6.50.